The molecule has 0 N–H and O–H groups in total. The van der Waals surface area contributed by atoms with E-state index in [1.807, 2.05) is 0 Å². The van der Waals surface area contributed by atoms with Gasteiger partial charge in [0.15, 0.2) is 5.78 Å². The van der Waals surface area contributed by atoms with Gasteiger partial charge in [-0.2, -0.15) is 0 Å². The number of ketones is 1. The fraction of sp³-hybridized carbons (Fsp3) is 0.304. The van der Waals surface area contributed by atoms with E-state index in [4.69, 9.17) is 16.3 Å². The van der Waals surface area contributed by atoms with Crippen molar-refractivity contribution in [1.82, 2.24) is 9.80 Å². The number of alkyl halides is 1. The van der Waals surface area contributed by atoms with Crippen LogP contribution < -0.4 is 0 Å². The smallest absolute Gasteiger partial charge is 0.342 e. The highest BCUT2D eigenvalue weighted by molar-refractivity contribution is 6.25. The lowest BCUT2D eigenvalue weighted by molar-refractivity contribution is -0.172. The average molecular weight is 441 g/mol. The van der Waals surface area contributed by atoms with E-state index in [1.165, 1.54) is 0 Å². The maximum Gasteiger partial charge on any atom is 0.342 e. The van der Waals surface area contributed by atoms with E-state index in [9.17, 15) is 19.2 Å². The molecule has 2 aliphatic rings. The van der Waals surface area contributed by atoms with E-state index in [0.717, 1.165) is 9.80 Å². The number of esters is 1. The molecule has 0 unspecified atom stereocenters. The summed E-state index contributed by atoms with van der Waals surface area (Å²) in [5, 5.41) is 0. The number of benzene rings is 2. The first-order valence-electron chi connectivity index (χ1n) is 10.0. The third kappa shape index (κ3) is 2.95. The van der Waals surface area contributed by atoms with Gasteiger partial charge in [-0.25, -0.2) is 9.59 Å². The fourth-order valence-electron chi connectivity index (χ4n) is 4.55. The molecule has 0 bridgehead atoms. The minimum atomic E-state index is -1.92. The molecule has 2 aromatic carbocycles. The molecule has 0 saturated carbocycles. The summed E-state index contributed by atoms with van der Waals surface area (Å²) >= 11 is 5.81. The number of carbonyl (C=O) groups excluding carboxylic acids is 4. The van der Waals surface area contributed by atoms with Crippen LogP contribution in [0.2, 0.25) is 0 Å². The van der Waals surface area contributed by atoms with Crippen LogP contribution in [0.3, 0.4) is 0 Å². The number of amides is 3. The molecule has 0 aromatic heterocycles. The molecule has 3 amide bonds. The molecule has 2 heterocycles. The zero-order valence-electron chi connectivity index (χ0n) is 16.9. The zero-order chi connectivity index (χ0) is 22.2. The molecule has 31 heavy (non-hydrogen) atoms. The van der Waals surface area contributed by atoms with Gasteiger partial charge >= 0.3 is 12.0 Å². The Morgan fingerprint density at radius 3 is 2.23 bits per heavy atom. The van der Waals surface area contributed by atoms with Crippen LogP contribution in [0.4, 0.5) is 4.79 Å². The predicted molar refractivity (Wildman–Crippen MR) is 113 cm³/mol. The van der Waals surface area contributed by atoms with Gasteiger partial charge in [-0.15, -0.1) is 11.6 Å². The lowest BCUT2D eigenvalue weighted by Crippen LogP contribution is -2.77. The highest BCUT2D eigenvalue weighted by Gasteiger charge is 2.79. The Labute approximate surface area is 184 Å². The summed E-state index contributed by atoms with van der Waals surface area (Å²) in [6, 6.07) is 15.6. The van der Waals surface area contributed by atoms with Gasteiger partial charge in [0.25, 0.3) is 5.91 Å². The monoisotopic (exact) mass is 440 g/mol. The lowest BCUT2D eigenvalue weighted by Gasteiger charge is -2.55. The van der Waals surface area contributed by atoms with Crippen molar-refractivity contribution < 1.29 is 23.9 Å². The van der Waals surface area contributed by atoms with Crippen LogP contribution in [0.25, 0.3) is 0 Å². The number of hydrogen-bond acceptors (Lipinski definition) is 5. The molecule has 2 fully saturated rings. The van der Waals surface area contributed by atoms with Crippen molar-refractivity contribution in [1.29, 1.82) is 0 Å². The average Bonchev–Trinajstić information content (AvgIpc) is 2.94. The second kappa shape index (κ2) is 8.15. The number of nitrogens with zero attached hydrogens (tertiary/aromatic N) is 2. The van der Waals surface area contributed by atoms with Gasteiger partial charge in [0.05, 0.1) is 12.5 Å². The molecule has 2 saturated heterocycles. The predicted octanol–water partition coefficient (Wildman–Crippen LogP) is 2.84. The molecule has 8 heteroatoms. The summed E-state index contributed by atoms with van der Waals surface area (Å²) in [7, 11) is 0. The van der Waals surface area contributed by atoms with E-state index in [0.29, 0.717) is 11.1 Å². The Morgan fingerprint density at radius 1 is 1.03 bits per heavy atom. The van der Waals surface area contributed by atoms with E-state index >= 15 is 0 Å². The maximum atomic E-state index is 13.5. The van der Waals surface area contributed by atoms with Crippen LogP contribution in [0.15, 0.2) is 60.7 Å². The van der Waals surface area contributed by atoms with Crippen LogP contribution in [0, 0.1) is 0 Å². The van der Waals surface area contributed by atoms with E-state index < -0.39 is 35.4 Å². The quantitative estimate of drug-likeness (QED) is 0.217. The molecule has 2 aliphatic heterocycles. The highest BCUT2D eigenvalue weighted by Crippen LogP contribution is 2.55. The van der Waals surface area contributed by atoms with Gasteiger partial charge in [0.2, 0.25) is 5.54 Å². The molecule has 2 aromatic rings. The molecule has 160 valence electrons. The molecule has 0 radical (unpaired) electrons. The molecule has 7 nitrogen and oxygen atoms in total. The number of carbonyl (C=O) groups is 4. The standard InChI is InChI=1S/C23H21ClN2O5/c1-2-31-21(29)23-17(15-9-5-3-6-10-15)18(19(27)16-11-7-4-8-12-16)26(23)22(30)25(14-13-24)20(23)28/h3-12,17-18H,2,13-14H2,1H3/t17-,18+,23+/m1/s1. The SMILES string of the molecule is CCOC(=O)[C@]12C(=O)N(CCCl)C(=O)N1[C@H](C(=O)c1ccccc1)[C@H]2c1ccccc1. The number of halogens is 1. The first kappa shape index (κ1) is 21.1. The topological polar surface area (TPSA) is 84.0 Å². The Hall–Kier alpha value is -3.19. The summed E-state index contributed by atoms with van der Waals surface area (Å²) < 4.78 is 5.26. The second-order valence-electron chi connectivity index (χ2n) is 7.35. The van der Waals surface area contributed by atoms with Gasteiger partial charge in [-0.3, -0.25) is 19.4 Å². The van der Waals surface area contributed by atoms with Crippen molar-refractivity contribution in [3.05, 3.63) is 71.8 Å². The summed E-state index contributed by atoms with van der Waals surface area (Å²) in [6.07, 6.45) is 0. The third-order valence-corrected chi connectivity index (χ3v) is 5.98. The summed E-state index contributed by atoms with van der Waals surface area (Å²) in [5.74, 6) is -2.75. The Morgan fingerprint density at radius 2 is 1.65 bits per heavy atom. The number of urea groups is 1. The molecular weight excluding hydrogens is 420 g/mol. The summed E-state index contributed by atoms with van der Waals surface area (Å²) in [5.41, 5.74) is -0.924. The minimum absolute atomic E-state index is 0.0114. The van der Waals surface area contributed by atoms with Gasteiger partial charge in [0, 0.05) is 18.0 Å². The number of ether oxygens (including phenoxy) is 1. The van der Waals surface area contributed by atoms with Crippen molar-refractivity contribution >= 4 is 35.3 Å². The van der Waals surface area contributed by atoms with Gasteiger partial charge in [-0.1, -0.05) is 60.7 Å². The molecule has 0 spiro atoms. The lowest BCUT2D eigenvalue weighted by atomic mass is 9.63. The number of hydrogen-bond donors (Lipinski definition) is 0. The number of rotatable bonds is 7. The minimum Gasteiger partial charge on any atom is -0.464 e. The first-order chi connectivity index (χ1) is 15.0. The fourth-order valence-corrected chi connectivity index (χ4v) is 4.72. The van der Waals surface area contributed by atoms with Crippen LogP contribution in [-0.4, -0.2) is 64.1 Å². The highest BCUT2D eigenvalue weighted by atomic mass is 35.5. The Balaban J connectivity index is 1.90. The molecule has 3 atom stereocenters. The molecule has 0 aliphatic carbocycles. The third-order valence-electron chi connectivity index (χ3n) is 5.81. The summed E-state index contributed by atoms with van der Waals surface area (Å²) in [6.45, 7) is 1.59. The second-order valence-corrected chi connectivity index (χ2v) is 7.73. The normalized spacial score (nSPS) is 24.6. The van der Waals surface area contributed by atoms with E-state index in [-0.39, 0.29) is 24.8 Å². The molecule has 4 rings (SSSR count). The van der Waals surface area contributed by atoms with Crippen LogP contribution in [-0.2, 0) is 14.3 Å². The Bertz CT molecular complexity index is 1030. The molecular formula is C23H21ClN2O5. The van der Waals surface area contributed by atoms with Crippen LogP contribution in [0.1, 0.15) is 28.8 Å². The van der Waals surface area contributed by atoms with E-state index in [1.54, 1.807) is 67.6 Å². The number of fused-ring (bicyclic) bond motifs is 1. The van der Waals surface area contributed by atoms with Crippen molar-refractivity contribution in [3.8, 4) is 0 Å². The number of imide groups is 1. The van der Waals surface area contributed by atoms with Crippen molar-refractivity contribution in [3.63, 3.8) is 0 Å². The van der Waals surface area contributed by atoms with Crippen LogP contribution in [0.5, 0.6) is 0 Å². The maximum absolute atomic E-state index is 13.5. The zero-order valence-corrected chi connectivity index (χ0v) is 17.6. The van der Waals surface area contributed by atoms with Crippen molar-refractivity contribution in [2.75, 3.05) is 19.0 Å². The van der Waals surface area contributed by atoms with Gasteiger partial charge in [0.1, 0.15) is 6.04 Å². The van der Waals surface area contributed by atoms with Gasteiger partial charge < -0.3 is 4.74 Å². The first-order valence-corrected chi connectivity index (χ1v) is 10.6. The van der Waals surface area contributed by atoms with Gasteiger partial charge in [-0.05, 0) is 12.5 Å². The van der Waals surface area contributed by atoms with E-state index in [2.05, 4.69) is 0 Å². The van der Waals surface area contributed by atoms with Crippen molar-refractivity contribution in [2.24, 2.45) is 0 Å². The van der Waals surface area contributed by atoms with Crippen LogP contribution >= 0.6 is 11.6 Å². The largest absolute Gasteiger partial charge is 0.464 e. The van der Waals surface area contributed by atoms with Crippen molar-refractivity contribution in [2.45, 2.75) is 24.4 Å². The Kier molecular flexibility index (Phi) is 5.54. The summed E-state index contributed by atoms with van der Waals surface area (Å²) in [4.78, 5) is 55.4. The number of Topliss-reactive ketones (excluding diaryl/α,β-unsaturated/α-hetero) is 1.